The molecule has 0 fully saturated rings. The van der Waals surface area contributed by atoms with Gasteiger partial charge in [-0.3, -0.25) is 0 Å². The Labute approximate surface area is 112 Å². The van der Waals surface area contributed by atoms with Crippen molar-refractivity contribution in [3.63, 3.8) is 0 Å². The van der Waals surface area contributed by atoms with E-state index in [4.69, 9.17) is 5.11 Å². The predicted molar refractivity (Wildman–Crippen MR) is 70.4 cm³/mol. The van der Waals surface area contributed by atoms with E-state index in [0.717, 1.165) is 6.07 Å². The van der Waals surface area contributed by atoms with Gasteiger partial charge in [0.25, 0.3) is 0 Å². The molecule has 0 atom stereocenters. The molecule has 0 saturated carbocycles. The lowest BCUT2D eigenvalue weighted by Crippen LogP contribution is -2.30. The lowest BCUT2D eigenvalue weighted by Gasteiger charge is -2.10. The van der Waals surface area contributed by atoms with Crippen LogP contribution in [0.15, 0.2) is 23.1 Å². The van der Waals surface area contributed by atoms with Gasteiger partial charge in [0.05, 0.1) is 6.61 Å². The van der Waals surface area contributed by atoms with E-state index in [9.17, 15) is 12.8 Å². The first-order chi connectivity index (χ1) is 8.86. The second-order valence-electron chi connectivity index (χ2n) is 4.20. The second kappa shape index (κ2) is 6.66. The van der Waals surface area contributed by atoms with Crippen LogP contribution in [0.1, 0.15) is 25.8 Å². The van der Waals surface area contributed by atoms with Crippen LogP contribution in [0.4, 0.5) is 4.39 Å². The van der Waals surface area contributed by atoms with Gasteiger partial charge in [-0.05, 0) is 32.0 Å². The number of rotatable bonds is 4. The molecule has 0 amide bonds. The van der Waals surface area contributed by atoms with Crippen LogP contribution >= 0.6 is 0 Å². The highest BCUT2D eigenvalue weighted by atomic mass is 32.2. The third kappa shape index (κ3) is 4.63. The van der Waals surface area contributed by atoms with Gasteiger partial charge in [0, 0.05) is 18.0 Å². The van der Waals surface area contributed by atoms with Crippen LogP contribution in [0.3, 0.4) is 0 Å². The van der Waals surface area contributed by atoms with E-state index in [1.54, 1.807) is 13.8 Å². The topological polar surface area (TPSA) is 66.4 Å². The van der Waals surface area contributed by atoms with Gasteiger partial charge in [-0.15, -0.1) is 0 Å². The highest BCUT2D eigenvalue weighted by Gasteiger charge is 2.19. The molecule has 0 aromatic heterocycles. The minimum atomic E-state index is -3.85. The Morgan fingerprint density at radius 3 is 2.63 bits per heavy atom. The van der Waals surface area contributed by atoms with E-state index >= 15 is 0 Å². The molecule has 19 heavy (non-hydrogen) atoms. The maximum atomic E-state index is 13.8. The van der Waals surface area contributed by atoms with Crippen LogP contribution in [0.25, 0.3) is 0 Å². The molecule has 0 aliphatic carbocycles. The number of hydrogen-bond acceptors (Lipinski definition) is 3. The number of aliphatic hydroxyl groups is 1. The highest BCUT2D eigenvalue weighted by molar-refractivity contribution is 7.89. The van der Waals surface area contributed by atoms with Gasteiger partial charge in [0.15, 0.2) is 0 Å². The molecule has 0 unspecified atom stereocenters. The number of halogens is 1. The smallest absolute Gasteiger partial charge is 0.243 e. The first-order valence-electron chi connectivity index (χ1n) is 5.78. The van der Waals surface area contributed by atoms with Gasteiger partial charge in [0.2, 0.25) is 10.0 Å². The zero-order valence-corrected chi connectivity index (χ0v) is 11.6. The van der Waals surface area contributed by atoms with E-state index in [-0.39, 0.29) is 19.1 Å². The maximum absolute atomic E-state index is 13.8. The maximum Gasteiger partial charge on any atom is 0.243 e. The summed E-state index contributed by atoms with van der Waals surface area (Å²) in [4.78, 5) is -0.395. The van der Waals surface area contributed by atoms with Crippen LogP contribution in [0.2, 0.25) is 0 Å². The molecule has 0 saturated heterocycles. The Bertz CT molecular complexity index is 600. The summed E-state index contributed by atoms with van der Waals surface area (Å²) in [5.74, 6) is 4.43. The Balaban J connectivity index is 3.05. The summed E-state index contributed by atoms with van der Waals surface area (Å²) in [6.45, 7) is 3.24. The number of benzene rings is 1. The number of nitrogens with one attached hydrogen (secondary N) is 1. The van der Waals surface area contributed by atoms with Crippen LogP contribution in [-0.2, 0) is 10.0 Å². The molecule has 1 aromatic rings. The van der Waals surface area contributed by atoms with Crippen molar-refractivity contribution < 1.29 is 17.9 Å². The fourth-order valence-corrected chi connectivity index (χ4v) is 2.70. The van der Waals surface area contributed by atoms with Crippen LogP contribution in [0, 0.1) is 17.7 Å². The summed E-state index contributed by atoms with van der Waals surface area (Å²) in [5.41, 5.74) is 0.370. The number of sulfonamides is 1. The molecular formula is C13H16FNO3S. The van der Waals surface area contributed by atoms with Gasteiger partial charge >= 0.3 is 0 Å². The zero-order chi connectivity index (χ0) is 14.5. The second-order valence-corrected chi connectivity index (χ2v) is 5.88. The van der Waals surface area contributed by atoms with Crippen molar-refractivity contribution in [1.82, 2.24) is 4.72 Å². The Hall–Kier alpha value is -1.42. The van der Waals surface area contributed by atoms with Crippen molar-refractivity contribution in [3.8, 4) is 11.8 Å². The molecular weight excluding hydrogens is 269 g/mol. The quantitative estimate of drug-likeness (QED) is 0.818. The molecule has 0 aliphatic heterocycles. The molecule has 0 heterocycles. The first kappa shape index (κ1) is 15.6. The number of aliphatic hydroxyl groups excluding tert-OH is 1. The average Bonchev–Trinajstić information content (AvgIpc) is 2.27. The predicted octanol–water partition coefficient (Wildman–Crippen LogP) is 1.25. The molecule has 0 radical (unpaired) electrons. The Morgan fingerprint density at radius 2 is 2.11 bits per heavy atom. The van der Waals surface area contributed by atoms with Crippen LogP contribution in [-0.4, -0.2) is 26.2 Å². The van der Waals surface area contributed by atoms with Crippen molar-refractivity contribution in [1.29, 1.82) is 0 Å². The van der Waals surface area contributed by atoms with Crippen LogP contribution < -0.4 is 4.72 Å². The molecule has 1 rings (SSSR count). The minimum absolute atomic E-state index is 0.0692. The first-order valence-corrected chi connectivity index (χ1v) is 7.26. The van der Waals surface area contributed by atoms with Crippen LogP contribution in [0.5, 0.6) is 0 Å². The summed E-state index contributed by atoms with van der Waals surface area (Å²) in [6.07, 6.45) is 0.288. The van der Waals surface area contributed by atoms with Crippen molar-refractivity contribution in [2.24, 2.45) is 0 Å². The van der Waals surface area contributed by atoms with Gasteiger partial charge in [-0.25, -0.2) is 17.5 Å². The van der Waals surface area contributed by atoms with Crippen molar-refractivity contribution in [2.75, 3.05) is 6.61 Å². The average molecular weight is 285 g/mol. The zero-order valence-electron chi connectivity index (χ0n) is 10.8. The third-order valence-electron chi connectivity index (χ3n) is 2.08. The van der Waals surface area contributed by atoms with Crippen molar-refractivity contribution >= 4 is 10.0 Å². The summed E-state index contributed by atoms with van der Waals surface area (Å²) in [5, 5.41) is 8.57. The molecule has 2 N–H and O–H groups in total. The fourth-order valence-electron chi connectivity index (χ4n) is 1.39. The molecule has 4 nitrogen and oxygen atoms in total. The van der Waals surface area contributed by atoms with E-state index in [1.165, 1.54) is 12.1 Å². The molecule has 6 heteroatoms. The van der Waals surface area contributed by atoms with Gasteiger partial charge in [-0.1, -0.05) is 11.8 Å². The molecule has 0 spiro atoms. The molecule has 0 bridgehead atoms. The summed E-state index contributed by atoms with van der Waals surface area (Å²) >= 11 is 0. The molecule has 0 aliphatic rings. The summed E-state index contributed by atoms with van der Waals surface area (Å²) in [6, 6.07) is 3.37. The lowest BCUT2D eigenvalue weighted by molar-refractivity contribution is 0.305. The largest absolute Gasteiger partial charge is 0.395 e. The highest BCUT2D eigenvalue weighted by Crippen LogP contribution is 2.16. The van der Waals surface area contributed by atoms with E-state index in [2.05, 4.69) is 16.6 Å². The normalized spacial score (nSPS) is 11.2. The van der Waals surface area contributed by atoms with Gasteiger partial charge in [0.1, 0.15) is 10.7 Å². The Morgan fingerprint density at radius 1 is 1.42 bits per heavy atom. The summed E-state index contributed by atoms with van der Waals surface area (Å²) < 4.78 is 39.7. The fraction of sp³-hybridized carbons (Fsp3) is 0.385. The Kier molecular flexibility index (Phi) is 5.48. The molecule has 1 aromatic carbocycles. The van der Waals surface area contributed by atoms with Gasteiger partial charge < -0.3 is 5.11 Å². The molecule has 104 valence electrons. The van der Waals surface area contributed by atoms with E-state index < -0.39 is 20.7 Å². The van der Waals surface area contributed by atoms with Crippen molar-refractivity contribution in [3.05, 3.63) is 29.6 Å². The van der Waals surface area contributed by atoms with E-state index in [0.29, 0.717) is 5.56 Å². The van der Waals surface area contributed by atoms with Crippen molar-refractivity contribution in [2.45, 2.75) is 31.2 Å². The number of hydrogen-bond donors (Lipinski definition) is 2. The van der Waals surface area contributed by atoms with E-state index in [1.807, 2.05) is 0 Å². The standard InChI is InChI=1S/C13H16FNO3S/c1-10(2)15-19(17,18)13-7-6-11(9-12(13)14)5-3-4-8-16/h6-7,9-10,15-16H,4,8H2,1-2H3. The third-order valence-corrected chi connectivity index (χ3v) is 3.77. The van der Waals surface area contributed by atoms with Gasteiger partial charge in [-0.2, -0.15) is 0 Å². The SMILES string of the molecule is CC(C)NS(=O)(=O)c1ccc(C#CCCO)cc1F. The lowest BCUT2D eigenvalue weighted by atomic mass is 10.2. The minimum Gasteiger partial charge on any atom is -0.395 e. The monoisotopic (exact) mass is 285 g/mol. The summed E-state index contributed by atoms with van der Waals surface area (Å²) in [7, 11) is -3.85.